The molecular weight excluding hydrogens is 180 g/mol. The summed E-state index contributed by atoms with van der Waals surface area (Å²) >= 11 is 0. The summed E-state index contributed by atoms with van der Waals surface area (Å²) in [5.41, 5.74) is -0.650. The maximum Gasteiger partial charge on any atom is 0.229 e. The molecule has 1 heterocycles. The number of piperidine rings is 1. The number of nitriles is 1. The minimum atomic E-state index is -0.650. The first-order chi connectivity index (χ1) is 6.46. The Hall–Kier alpha value is -1.37. The zero-order valence-electron chi connectivity index (χ0n) is 8.54. The number of carbonyl (C=O) groups is 2. The summed E-state index contributed by atoms with van der Waals surface area (Å²) in [6, 6.07) is 2.08. The highest BCUT2D eigenvalue weighted by molar-refractivity contribution is 5.97. The maximum atomic E-state index is 11.4. The second-order valence-corrected chi connectivity index (χ2v) is 4.22. The van der Waals surface area contributed by atoms with E-state index in [9.17, 15) is 9.59 Å². The third-order valence-corrected chi connectivity index (χ3v) is 2.24. The SMILES string of the molecule is CC(C)(C#N)CN1C(=O)CCCC1=O. The molecule has 0 unspecified atom stereocenters. The van der Waals surface area contributed by atoms with Crippen molar-refractivity contribution in [1.82, 2.24) is 4.90 Å². The van der Waals surface area contributed by atoms with Crippen LogP contribution in [0.2, 0.25) is 0 Å². The molecule has 14 heavy (non-hydrogen) atoms. The van der Waals surface area contributed by atoms with Gasteiger partial charge in [-0.2, -0.15) is 5.26 Å². The van der Waals surface area contributed by atoms with Crippen LogP contribution in [0.5, 0.6) is 0 Å². The van der Waals surface area contributed by atoms with Crippen molar-refractivity contribution in [2.45, 2.75) is 33.1 Å². The van der Waals surface area contributed by atoms with Gasteiger partial charge in [-0.25, -0.2) is 0 Å². The highest BCUT2D eigenvalue weighted by Crippen LogP contribution is 2.20. The minimum absolute atomic E-state index is 0.149. The van der Waals surface area contributed by atoms with Crippen LogP contribution >= 0.6 is 0 Å². The number of likely N-dealkylation sites (tertiary alicyclic amines) is 1. The second kappa shape index (κ2) is 3.79. The van der Waals surface area contributed by atoms with E-state index < -0.39 is 5.41 Å². The minimum Gasteiger partial charge on any atom is -0.281 e. The van der Waals surface area contributed by atoms with Crippen molar-refractivity contribution >= 4 is 11.8 Å². The third kappa shape index (κ3) is 2.32. The molecule has 4 heteroatoms. The van der Waals surface area contributed by atoms with Crippen LogP contribution in [0, 0.1) is 16.7 Å². The zero-order valence-corrected chi connectivity index (χ0v) is 8.54. The topological polar surface area (TPSA) is 61.2 Å². The maximum absolute atomic E-state index is 11.4. The quantitative estimate of drug-likeness (QED) is 0.618. The lowest BCUT2D eigenvalue weighted by Gasteiger charge is -2.29. The fourth-order valence-corrected chi connectivity index (χ4v) is 1.41. The molecule has 0 spiro atoms. The largest absolute Gasteiger partial charge is 0.281 e. The summed E-state index contributed by atoms with van der Waals surface area (Å²) in [6.07, 6.45) is 1.49. The first-order valence-electron chi connectivity index (χ1n) is 4.71. The van der Waals surface area contributed by atoms with Crippen molar-refractivity contribution in [3.05, 3.63) is 0 Å². The van der Waals surface area contributed by atoms with Gasteiger partial charge in [0, 0.05) is 19.4 Å². The van der Waals surface area contributed by atoms with E-state index in [1.807, 2.05) is 0 Å². The van der Waals surface area contributed by atoms with E-state index in [4.69, 9.17) is 5.26 Å². The molecule has 1 aliphatic heterocycles. The molecule has 0 bridgehead atoms. The van der Waals surface area contributed by atoms with Crippen LogP contribution in [-0.2, 0) is 9.59 Å². The van der Waals surface area contributed by atoms with Gasteiger partial charge in [-0.15, -0.1) is 0 Å². The second-order valence-electron chi connectivity index (χ2n) is 4.22. The van der Waals surface area contributed by atoms with E-state index in [0.29, 0.717) is 19.3 Å². The molecule has 1 saturated heterocycles. The highest BCUT2D eigenvalue weighted by atomic mass is 16.2. The van der Waals surface area contributed by atoms with Crippen LogP contribution in [-0.4, -0.2) is 23.3 Å². The Balaban J connectivity index is 2.71. The van der Waals surface area contributed by atoms with E-state index >= 15 is 0 Å². The molecule has 0 atom stereocenters. The summed E-state index contributed by atoms with van der Waals surface area (Å²) in [5.74, 6) is -0.297. The standard InChI is InChI=1S/C10H14N2O2/c1-10(2,6-11)7-12-8(13)4-3-5-9(12)14/h3-5,7H2,1-2H3. The van der Waals surface area contributed by atoms with Crippen molar-refractivity contribution in [3.8, 4) is 6.07 Å². The number of amides is 2. The van der Waals surface area contributed by atoms with E-state index in [-0.39, 0.29) is 18.4 Å². The molecule has 76 valence electrons. The average molecular weight is 194 g/mol. The predicted molar refractivity (Wildman–Crippen MR) is 50.0 cm³/mol. The van der Waals surface area contributed by atoms with Gasteiger partial charge in [0.05, 0.1) is 11.5 Å². The molecule has 0 radical (unpaired) electrons. The molecular formula is C10H14N2O2. The molecule has 4 nitrogen and oxygen atoms in total. The first kappa shape index (κ1) is 10.7. The van der Waals surface area contributed by atoms with Crippen molar-refractivity contribution in [1.29, 1.82) is 5.26 Å². The molecule has 2 amide bonds. The molecule has 1 aliphatic rings. The zero-order chi connectivity index (χ0) is 10.8. The van der Waals surface area contributed by atoms with Gasteiger partial charge in [0.15, 0.2) is 0 Å². The van der Waals surface area contributed by atoms with Gasteiger partial charge in [-0.05, 0) is 20.3 Å². The monoisotopic (exact) mass is 194 g/mol. The summed E-state index contributed by atoms with van der Waals surface area (Å²) in [7, 11) is 0. The van der Waals surface area contributed by atoms with Crippen molar-refractivity contribution in [2.75, 3.05) is 6.54 Å². The summed E-state index contributed by atoms with van der Waals surface area (Å²) in [5, 5.41) is 8.80. The van der Waals surface area contributed by atoms with Gasteiger partial charge in [0.2, 0.25) is 11.8 Å². The number of carbonyl (C=O) groups excluding carboxylic acids is 2. The molecule has 0 N–H and O–H groups in total. The summed E-state index contributed by atoms with van der Waals surface area (Å²) < 4.78 is 0. The molecule has 1 rings (SSSR count). The van der Waals surface area contributed by atoms with Crippen LogP contribution in [0.4, 0.5) is 0 Å². The Bertz CT molecular complexity index is 286. The summed E-state index contributed by atoms with van der Waals surface area (Å²) in [4.78, 5) is 24.0. The third-order valence-electron chi connectivity index (χ3n) is 2.24. The smallest absolute Gasteiger partial charge is 0.229 e. The van der Waals surface area contributed by atoms with Gasteiger partial charge in [-0.3, -0.25) is 14.5 Å². The van der Waals surface area contributed by atoms with Gasteiger partial charge < -0.3 is 0 Å². The molecule has 0 aliphatic carbocycles. The number of hydrogen-bond acceptors (Lipinski definition) is 3. The number of rotatable bonds is 2. The van der Waals surface area contributed by atoms with E-state index in [0.717, 1.165) is 0 Å². The van der Waals surface area contributed by atoms with Crippen molar-refractivity contribution in [2.24, 2.45) is 5.41 Å². The lowest BCUT2D eigenvalue weighted by atomic mass is 9.94. The Morgan fingerprint density at radius 3 is 2.29 bits per heavy atom. The normalized spacial score (nSPS) is 18.2. The Morgan fingerprint density at radius 1 is 1.36 bits per heavy atom. The van der Waals surface area contributed by atoms with Gasteiger partial charge >= 0.3 is 0 Å². The molecule has 0 aromatic heterocycles. The Kier molecular flexibility index (Phi) is 2.90. The van der Waals surface area contributed by atoms with Crippen LogP contribution in [0.3, 0.4) is 0 Å². The number of hydrogen-bond donors (Lipinski definition) is 0. The average Bonchev–Trinajstić information content (AvgIpc) is 2.12. The summed E-state index contributed by atoms with van der Waals surface area (Å²) in [6.45, 7) is 3.66. The van der Waals surface area contributed by atoms with E-state index in [1.54, 1.807) is 13.8 Å². The van der Waals surface area contributed by atoms with E-state index in [1.165, 1.54) is 4.90 Å². The first-order valence-corrected chi connectivity index (χ1v) is 4.71. The molecule has 0 aromatic carbocycles. The van der Waals surface area contributed by atoms with Gasteiger partial charge in [0.1, 0.15) is 0 Å². The molecule has 1 fully saturated rings. The van der Waals surface area contributed by atoms with Gasteiger partial charge in [0.25, 0.3) is 0 Å². The van der Waals surface area contributed by atoms with Crippen LogP contribution in [0.25, 0.3) is 0 Å². The lowest BCUT2D eigenvalue weighted by Crippen LogP contribution is -2.44. The van der Waals surface area contributed by atoms with Gasteiger partial charge in [-0.1, -0.05) is 0 Å². The van der Waals surface area contributed by atoms with Crippen LogP contribution in [0.15, 0.2) is 0 Å². The fourth-order valence-electron chi connectivity index (χ4n) is 1.41. The van der Waals surface area contributed by atoms with Crippen molar-refractivity contribution in [3.63, 3.8) is 0 Å². The fraction of sp³-hybridized carbons (Fsp3) is 0.700. The Morgan fingerprint density at radius 2 is 1.86 bits per heavy atom. The van der Waals surface area contributed by atoms with Crippen LogP contribution < -0.4 is 0 Å². The highest BCUT2D eigenvalue weighted by Gasteiger charge is 2.31. The molecule has 0 saturated carbocycles. The van der Waals surface area contributed by atoms with Crippen molar-refractivity contribution < 1.29 is 9.59 Å². The number of imide groups is 1. The predicted octanol–water partition coefficient (Wildman–Crippen LogP) is 1.08. The Labute approximate surface area is 83.5 Å². The lowest BCUT2D eigenvalue weighted by molar-refractivity contribution is -0.149. The molecule has 0 aromatic rings. The number of nitrogens with zero attached hydrogens (tertiary/aromatic N) is 2. The van der Waals surface area contributed by atoms with E-state index in [2.05, 4.69) is 6.07 Å². The van der Waals surface area contributed by atoms with Crippen LogP contribution in [0.1, 0.15) is 33.1 Å².